The summed E-state index contributed by atoms with van der Waals surface area (Å²) in [6.07, 6.45) is 5.56. The van der Waals surface area contributed by atoms with Gasteiger partial charge < -0.3 is 14.7 Å². The number of benzene rings is 2. The van der Waals surface area contributed by atoms with Crippen LogP contribution >= 0.6 is 11.8 Å². The van der Waals surface area contributed by atoms with Gasteiger partial charge in [0.2, 0.25) is 5.43 Å². The lowest BCUT2D eigenvalue weighted by Gasteiger charge is -2.46. The van der Waals surface area contributed by atoms with Gasteiger partial charge in [0.1, 0.15) is 25.1 Å². The summed E-state index contributed by atoms with van der Waals surface area (Å²) in [6, 6.07) is 8.73. The first-order valence-electron chi connectivity index (χ1n) is 11.9. The Balaban J connectivity index is 1.72. The molecule has 1 aromatic heterocycles. The largest absolute Gasteiger partial charge is 0.502 e. The number of aromatic nitrogens is 1. The highest BCUT2D eigenvalue weighted by Gasteiger charge is 2.42. The fourth-order valence-electron chi connectivity index (χ4n) is 5.31. The third kappa shape index (κ3) is 3.61. The summed E-state index contributed by atoms with van der Waals surface area (Å²) in [5, 5.41) is 12.6. The molecule has 0 radical (unpaired) electrons. The SMILES string of the molecule is CC[C@@H]1/C=C\COc2cc(F)c(F)c3c2[C@@H](c2ccccc2SC3)N2CN1C(=O)c1c(O)c(=O)ccn12. The van der Waals surface area contributed by atoms with E-state index in [4.69, 9.17) is 4.74 Å². The van der Waals surface area contributed by atoms with E-state index < -0.39 is 34.8 Å². The van der Waals surface area contributed by atoms with Crippen LogP contribution in [0.4, 0.5) is 8.78 Å². The second kappa shape index (κ2) is 8.95. The summed E-state index contributed by atoms with van der Waals surface area (Å²) < 4.78 is 37.7. The summed E-state index contributed by atoms with van der Waals surface area (Å²) in [5.74, 6) is -2.72. The number of aromatic hydroxyl groups is 1. The Morgan fingerprint density at radius 2 is 2.00 bits per heavy atom. The second-order valence-corrected chi connectivity index (χ2v) is 10.1. The Morgan fingerprint density at radius 3 is 2.81 bits per heavy atom. The zero-order valence-electron chi connectivity index (χ0n) is 19.9. The number of ether oxygens (including phenoxy) is 1. The van der Waals surface area contributed by atoms with E-state index in [1.807, 2.05) is 37.3 Å². The van der Waals surface area contributed by atoms with Crippen molar-refractivity contribution in [2.45, 2.75) is 36.1 Å². The smallest absolute Gasteiger partial charge is 0.278 e. The Kier molecular flexibility index (Phi) is 5.71. The molecule has 6 rings (SSSR count). The zero-order chi connectivity index (χ0) is 25.8. The molecule has 2 aromatic carbocycles. The third-order valence-corrected chi connectivity index (χ3v) is 8.20. The van der Waals surface area contributed by atoms with Gasteiger partial charge >= 0.3 is 0 Å². The molecule has 10 heteroatoms. The van der Waals surface area contributed by atoms with Gasteiger partial charge in [0.15, 0.2) is 23.1 Å². The Hall–Kier alpha value is -3.79. The van der Waals surface area contributed by atoms with Gasteiger partial charge in [0.25, 0.3) is 5.91 Å². The average molecular weight is 524 g/mol. The van der Waals surface area contributed by atoms with E-state index >= 15 is 4.39 Å². The van der Waals surface area contributed by atoms with Crippen LogP contribution in [0.1, 0.15) is 46.6 Å². The van der Waals surface area contributed by atoms with Crippen molar-refractivity contribution in [1.82, 2.24) is 9.58 Å². The highest BCUT2D eigenvalue weighted by atomic mass is 32.2. The maximum atomic E-state index is 15.4. The fourth-order valence-corrected chi connectivity index (χ4v) is 6.41. The zero-order valence-corrected chi connectivity index (χ0v) is 20.7. The summed E-state index contributed by atoms with van der Waals surface area (Å²) in [5.41, 5.74) is 0.570. The number of rotatable bonds is 1. The van der Waals surface area contributed by atoms with Crippen molar-refractivity contribution in [2.75, 3.05) is 18.3 Å². The predicted octanol–water partition coefficient (Wildman–Crippen LogP) is 4.31. The summed E-state index contributed by atoms with van der Waals surface area (Å²) in [6.45, 7) is 2.08. The molecule has 3 aliphatic heterocycles. The molecule has 2 atom stereocenters. The van der Waals surface area contributed by atoms with E-state index in [9.17, 15) is 19.1 Å². The number of carbonyl (C=O) groups is 1. The summed E-state index contributed by atoms with van der Waals surface area (Å²) >= 11 is 1.39. The van der Waals surface area contributed by atoms with Crippen molar-refractivity contribution >= 4 is 17.7 Å². The van der Waals surface area contributed by atoms with Crippen molar-refractivity contribution < 1.29 is 23.4 Å². The molecule has 37 heavy (non-hydrogen) atoms. The number of nitrogens with zero attached hydrogens (tertiary/aromatic N) is 3. The molecule has 4 heterocycles. The van der Waals surface area contributed by atoms with Crippen LogP contribution in [-0.4, -0.2) is 39.9 Å². The predicted molar refractivity (Wildman–Crippen MR) is 135 cm³/mol. The number of halogens is 2. The van der Waals surface area contributed by atoms with Gasteiger partial charge in [-0.3, -0.25) is 19.3 Å². The molecule has 0 spiro atoms. The molecule has 3 aliphatic rings. The molecule has 3 aromatic rings. The second-order valence-electron chi connectivity index (χ2n) is 9.08. The van der Waals surface area contributed by atoms with Gasteiger partial charge in [0, 0.05) is 40.1 Å². The van der Waals surface area contributed by atoms with E-state index in [-0.39, 0.29) is 42.1 Å². The van der Waals surface area contributed by atoms with Gasteiger partial charge in [-0.05, 0) is 24.1 Å². The lowest BCUT2D eigenvalue weighted by molar-refractivity contribution is 0.0625. The van der Waals surface area contributed by atoms with Crippen molar-refractivity contribution in [1.29, 1.82) is 0 Å². The minimum Gasteiger partial charge on any atom is -0.502 e. The highest BCUT2D eigenvalue weighted by Crippen LogP contribution is 2.47. The van der Waals surface area contributed by atoms with E-state index in [1.165, 1.54) is 28.7 Å². The van der Waals surface area contributed by atoms with Gasteiger partial charge in [-0.2, -0.15) is 0 Å². The monoisotopic (exact) mass is 523 g/mol. The first kappa shape index (κ1) is 23.6. The number of pyridine rings is 1. The number of carbonyl (C=O) groups excluding carboxylic acids is 1. The number of hydrogen-bond donors (Lipinski definition) is 1. The minimum absolute atomic E-state index is 0.0680. The van der Waals surface area contributed by atoms with Crippen molar-refractivity contribution in [3.05, 3.63) is 99.0 Å². The van der Waals surface area contributed by atoms with Crippen LogP contribution in [0, 0.1) is 11.6 Å². The maximum absolute atomic E-state index is 15.4. The van der Waals surface area contributed by atoms with Crippen LogP contribution in [0.5, 0.6) is 11.5 Å². The van der Waals surface area contributed by atoms with Crippen LogP contribution in [0.15, 0.2) is 64.4 Å². The van der Waals surface area contributed by atoms with E-state index in [1.54, 1.807) is 16.0 Å². The molecule has 1 N–H and O–H groups in total. The molecular weight excluding hydrogens is 500 g/mol. The maximum Gasteiger partial charge on any atom is 0.278 e. The number of fused-ring (bicyclic) bond motifs is 7. The summed E-state index contributed by atoms with van der Waals surface area (Å²) in [7, 11) is 0. The molecular formula is C27H23F2N3O4S. The lowest BCUT2D eigenvalue weighted by Crippen LogP contribution is -2.57. The number of thioether (sulfide) groups is 1. The van der Waals surface area contributed by atoms with E-state index in [2.05, 4.69) is 0 Å². The molecule has 0 saturated heterocycles. The lowest BCUT2D eigenvalue weighted by atomic mass is 9.92. The molecule has 1 amide bonds. The van der Waals surface area contributed by atoms with Crippen molar-refractivity contribution in [3.63, 3.8) is 0 Å². The Labute approximate surface area is 215 Å². The number of hydrogen-bond acceptors (Lipinski definition) is 6. The Bertz CT molecular complexity index is 1520. The quantitative estimate of drug-likeness (QED) is 0.480. The average Bonchev–Trinajstić information content (AvgIpc) is 3.08. The van der Waals surface area contributed by atoms with Crippen LogP contribution < -0.4 is 15.2 Å². The van der Waals surface area contributed by atoms with Gasteiger partial charge in [-0.15, -0.1) is 11.8 Å². The molecule has 0 unspecified atom stereocenters. The van der Waals surface area contributed by atoms with Gasteiger partial charge in [-0.25, -0.2) is 8.78 Å². The first-order chi connectivity index (χ1) is 17.9. The van der Waals surface area contributed by atoms with Gasteiger partial charge in [-0.1, -0.05) is 31.2 Å². The third-order valence-electron chi connectivity index (χ3n) is 7.08. The highest BCUT2D eigenvalue weighted by molar-refractivity contribution is 7.98. The number of amides is 1. The van der Waals surface area contributed by atoms with E-state index in [0.29, 0.717) is 12.0 Å². The molecule has 190 valence electrons. The standard InChI is InChI=1S/C27H23F2N3O4S/c1-2-15-6-5-11-36-20-12-18(28)23(29)17-13-37-21-8-4-3-7-16(21)24(22(17)20)32-14-30(15)27(35)25-26(34)19(33)9-10-31(25)32/h3-10,12,15,24,34H,2,11,13-14H2,1H3/b6-5-/t15-,24-/m1/s1. The fraction of sp³-hybridized carbons (Fsp3) is 0.259. The Morgan fingerprint density at radius 1 is 1.19 bits per heavy atom. The molecule has 7 nitrogen and oxygen atoms in total. The molecule has 0 fully saturated rings. The van der Waals surface area contributed by atoms with Crippen LogP contribution in [0.3, 0.4) is 0 Å². The van der Waals surface area contributed by atoms with Crippen LogP contribution in [0.25, 0.3) is 0 Å². The van der Waals surface area contributed by atoms with E-state index in [0.717, 1.165) is 16.5 Å². The molecule has 2 bridgehead atoms. The topological polar surface area (TPSA) is 75.0 Å². The van der Waals surface area contributed by atoms with Crippen LogP contribution in [-0.2, 0) is 5.75 Å². The van der Waals surface area contributed by atoms with Crippen molar-refractivity contribution in [2.24, 2.45) is 0 Å². The normalized spacial score (nSPS) is 21.1. The van der Waals surface area contributed by atoms with Gasteiger partial charge in [0.05, 0.1) is 6.04 Å². The summed E-state index contributed by atoms with van der Waals surface area (Å²) in [4.78, 5) is 28.5. The minimum atomic E-state index is -0.999. The first-order valence-corrected chi connectivity index (χ1v) is 12.9. The molecule has 0 aliphatic carbocycles. The molecule has 0 saturated carbocycles. The van der Waals surface area contributed by atoms with Crippen LogP contribution in [0.2, 0.25) is 0 Å². The van der Waals surface area contributed by atoms with Crippen molar-refractivity contribution in [3.8, 4) is 11.5 Å².